The van der Waals surface area contributed by atoms with E-state index in [0.29, 0.717) is 34.0 Å². The molecule has 164 valence electrons. The predicted molar refractivity (Wildman–Crippen MR) is 147 cm³/mol. The van der Waals surface area contributed by atoms with Crippen LogP contribution in [0.4, 0.5) is 11.4 Å². The molecular formula is C26H18I2N2O3. The summed E-state index contributed by atoms with van der Waals surface area (Å²) < 4.78 is 7.88. The van der Waals surface area contributed by atoms with Gasteiger partial charge in [-0.1, -0.05) is 12.1 Å². The number of rotatable bonds is 6. The number of carbonyl (C=O) groups is 2. The van der Waals surface area contributed by atoms with Gasteiger partial charge in [0.15, 0.2) is 0 Å². The zero-order valence-corrected chi connectivity index (χ0v) is 21.5. The third-order valence-electron chi connectivity index (χ3n) is 4.63. The van der Waals surface area contributed by atoms with Crippen LogP contribution in [0.5, 0.6) is 11.5 Å². The van der Waals surface area contributed by atoms with Crippen molar-refractivity contribution in [1.29, 1.82) is 0 Å². The lowest BCUT2D eigenvalue weighted by molar-refractivity contribution is 0.101. The number of nitrogens with one attached hydrogen (secondary N) is 2. The number of hydrogen-bond acceptors (Lipinski definition) is 3. The smallest absolute Gasteiger partial charge is 0.255 e. The molecule has 33 heavy (non-hydrogen) atoms. The number of halogens is 2. The van der Waals surface area contributed by atoms with Crippen molar-refractivity contribution in [3.8, 4) is 11.5 Å². The molecule has 4 aromatic carbocycles. The first-order valence-corrected chi connectivity index (χ1v) is 12.1. The summed E-state index contributed by atoms with van der Waals surface area (Å²) in [6.45, 7) is 0. The van der Waals surface area contributed by atoms with E-state index in [1.807, 2.05) is 36.4 Å². The Balaban J connectivity index is 1.34. The van der Waals surface area contributed by atoms with Crippen molar-refractivity contribution in [3.05, 3.63) is 115 Å². The van der Waals surface area contributed by atoms with E-state index >= 15 is 0 Å². The summed E-state index contributed by atoms with van der Waals surface area (Å²) in [5.74, 6) is 0.950. The van der Waals surface area contributed by atoms with Crippen molar-refractivity contribution >= 4 is 68.4 Å². The van der Waals surface area contributed by atoms with Gasteiger partial charge in [-0.3, -0.25) is 9.59 Å². The Morgan fingerprint density at radius 3 is 1.33 bits per heavy atom. The first kappa shape index (κ1) is 23.2. The Kier molecular flexibility index (Phi) is 7.61. The molecule has 0 saturated carbocycles. The fourth-order valence-electron chi connectivity index (χ4n) is 3.01. The van der Waals surface area contributed by atoms with Crippen LogP contribution in [0, 0.1) is 7.14 Å². The number of ether oxygens (including phenoxy) is 1. The average molecular weight is 660 g/mol. The number of benzene rings is 4. The maximum Gasteiger partial charge on any atom is 0.255 e. The lowest BCUT2D eigenvalue weighted by Crippen LogP contribution is -2.11. The molecular weight excluding hydrogens is 642 g/mol. The van der Waals surface area contributed by atoms with Crippen LogP contribution in [0.15, 0.2) is 97.1 Å². The van der Waals surface area contributed by atoms with Crippen LogP contribution in [-0.4, -0.2) is 11.8 Å². The average Bonchev–Trinajstić information content (AvgIpc) is 2.81. The summed E-state index contributed by atoms with van der Waals surface area (Å²) in [6, 6.07) is 29.1. The van der Waals surface area contributed by atoms with E-state index < -0.39 is 0 Å². The second-order valence-electron chi connectivity index (χ2n) is 7.08. The van der Waals surface area contributed by atoms with Crippen molar-refractivity contribution in [2.45, 2.75) is 0 Å². The Morgan fingerprint density at radius 2 is 0.970 bits per heavy atom. The highest BCUT2D eigenvalue weighted by molar-refractivity contribution is 14.1. The van der Waals surface area contributed by atoms with Gasteiger partial charge in [0.25, 0.3) is 11.8 Å². The minimum atomic E-state index is -0.162. The molecule has 7 heteroatoms. The summed E-state index contributed by atoms with van der Waals surface area (Å²) in [5.41, 5.74) is 2.58. The van der Waals surface area contributed by atoms with Crippen molar-refractivity contribution in [2.75, 3.05) is 10.6 Å². The van der Waals surface area contributed by atoms with E-state index in [9.17, 15) is 9.59 Å². The summed E-state index contributed by atoms with van der Waals surface area (Å²) in [4.78, 5) is 24.8. The van der Waals surface area contributed by atoms with Crippen LogP contribution in [0.1, 0.15) is 20.7 Å². The normalized spacial score (nSPS) is 10.4. The molecule has 0 fully saturated rings. The molecule has 0 atom stereocenters. The first-order valence-electron chi connectivity index (χ1n) is 9.98. The quantitative estimate of drug-likeness (QED) is 0.215. The van der Waals surface area contributed by atoms with Crippen molar-refractivity contribution < 1.29 is 14.3 Å². The second-order valence-corrected chi connectivity index (χ2v) is 9.57. The summed E-state index contributed by atoms with van der Waals surface area (Å²) in [6.07, 6.45) is 0. The summed E-state index contributed by atoms with van der Waals surface area (Å²) >= 11 is 4.36. The Labute approximate surface area is 218 Å². The number of carbonyl (C=O) groups excluding carboxylic acids is 2. The zero-order valence-electron chi connectivity index (χ0n) is 17.2. The SMILES string of the molecule is O=C(Nc1ccc(Oc2ccc(NC(=O)c3cccc(I)c3)cc2)cc1)c1cccc(I)c1. The maximum atomic E-state index is 12.4. The van der Waals surface area contributed by atoms with Crippen LogP contribution in [0.3, 0.4) is 0 Å². The molecule has 5 nitrogen and oxygen atoms in total. The van der Waals surface area contributed by atoms with Gasteiger partial charge in [-0.25, -0.2) is 0 Å². The van der Waals surface area contributed by atoms with E-state index in [1.165, 1.54) is 0 Å². The third kappa shape index (κ3) is 6.55. The fraction of sp³-hybridized carbons (Fsp3) is 0. The Morgan fingerprint density at radius 1 is 0.576 bits per heavy atom. The summed E-state index contributed by atoms with van der Waals surface area (Å²) in [5, 5.41) is 5.76. The molecule has 4 rings (SSSR count). The van der Waals surface area contributed by atoms with Crippen LogP contribution < -0.4 is 15.4 Å². The van der Waals surface area contributed by atoms with E-state index in [1.54, 1.807) is 60.7 Å². The predicted octanol–water partition coefficient (Wildman–Crippen LogP) is 7.19. The first-order chi connectivity index (χ1) is 16.0. The van der Waals surface area contributed by atoms with Crippen LogP contribution >= 0.6 is 45.2 Å². The molecule has 0 unspecified atom stereocenters. The lowest BCUT2D eigenvalue weighted by atomic mass is 10.2. The van der Waals surface area contributed by atoms with E-state index in [-0.39, 0.29) is 11.8 Å². The van der Waals surface area contributed by atoms with Gasteiger partial charge in [0.1, 0.15) is 11.5 Å². The lowest BCUT2D eigenvalue weighted by Gasteiger charge is -2.10. The highest BCUT2D eigenvalue weighted by atomic mass is 127. The van der Waals surface area contributed by atoms with Gasteiger partial charge < -0.3 is 15.4 Å². The molecule has 0 heterocycles. The minimum absolute atomic E-state index is 0.162. The number of amides is 2. The molecule has 0 bridgehead atoms. The largest absolute Gasteiger partial charge is 0.457 e. The molecule has 0 aliphatic heterocycles. The van der Waals surface area contributed by atoms with Crippen molar-refractivity contribution in [3.63, 3.8) is 0 Å². The fourth-order valence-corrected chi connectivity index (χ4v) is 4.10. The molecule has 2 amide bonds. The Hall–Kier alpha value is -2.92. The maximum absolute atomic E-state index is 12.4. The monoisotopic (exact) mass is 660 g/mol. The van der Waals surface area contributed by atoms with E-state index in [4.69, 9.17) is 4.74 Å². The third-order valence-corrected chi connectivity index (χ3v) is 5.98. The van der Waals surface area contributed by atoms with Gasteiger partial charge in [-0.15, -0.1) is 0 Å². The zero-order chi connectivity index (χ0) is 23.2. The minimum Gasteiger partial charge on any atom is -0.457 e. The molecule has 0 aliphatic rings. The van der Waals surface area contributed by atoms with Crippen molar-refractivity contribution in [1.82, 2.24) is 0 Å². The number of hydrogen-bond donors (Lipinski definition) is 2. The summed E-state index contributed by atoms with van der Waals surface area (Å²) in [7, 11) is 0. The molecule has 0 aliphatic carbocycles. The van der Waals surface area contributed by atoms with Gasteiger partial charge >= 0.3 is 0 Å². The molecule has 0 saturated heterocycles. The van der Waals surface area contributed by atoms with Crippen LogP contribution in [0.2, 0.25) is 0 Å². The second kappa shape index (κ2) is 10.8. The highest BCUT2D eigenvalue weighted by Crippen LogP contribution is 2.25. The van der Waals surface area contributed by atoms with Gasteiger partial charge in [0, 0.05) is 29.6 Å². The van der Waals surface area contributed by atoms with Gasteiger partial charge in [0.2, 0.25) is 0 Å². The molecule has 0 spiro atoms. The standard InChI is InChI=1S/C26H18I2N2O3/c27-19-5-1-3-17(15-19)25(31)29-21-7-11-23(12-8-21)33-24-13-9-22(10-14-24)30-26(32)18-4-2-6-20(28)16-18/h1-16H,(H,29,31)(H,30,32). The van der Waals surface area contributed by atoms with Gasteiger partial charge in [-0.2, -0.15) is 0 Å². The molecule has 0 radical (unpaired) electrons. The van der Waals surface area contributed by atoms with E-state index in [0.717, 1.165) is 7.14 Å². The van der Waals surface area contributed by atoms with Gasteiger partial charge in [0.05, 0.1) is 0 Å². The van der Waals surface area contributed by atoms with E-state index in [2.05, 4.69) is 55.8 Å². The Bertz CT molecular complexity index is 1190. The van der Waals surface area contributed by atoms with Gasteiger partial charge in [-0.05, 0) is 130 Å². The topological polar surface area (TPSA) is 67.4 Å². The number of anilines is 2. The van der Waals surface area contributed by atoms with Crippen LogP contribution in [0.25, 0.3) is 0 Å². The highest BCUT2D eigenvalue weighted by Gasteiger charge is 2.08. The molecule has 0 aromatic heterocycles. The molecule has 2 N–H and O–H groups in total. The van der Waals surface area contributed by atoms with Crippen molar-refractivity contribution in [2.24, 2.45) is 0 Å². The molecule has 4 aromatic rings. The van der Waals surface area contributed by atoms with Crippen LogP contribution in [-0.2, 0) is 0 Å².